The molecule has 4 rings (SSSR count). The van der Waals surface area contributed by atoms with E-state index in [1.54, 1.807) is 19.3 Å². The number of nitrogens with one attached hydrogen (secondary N) is 1. The summed E-state index contributed by atoms with van der Waals surface area (Å²) in [6.45, 7) is 0. The van der Waals surface area contributed by atoms with E-state index in [0.29, 0.717) is 15.0 Å². The fraction of sp³-hybridized carbons (Fsp3) is 0.0500. The van der Waals surface area contributed by atoms with Crippen LogP contribution in [0.1, 0.15) is 5.56 Å². The number of rotatable bonds is 3. The molecule has 1 aliphatic heterocycles. The summed E-state index contributed by atoms with van der Waals surface area (Å²) in [6.07, 6.45) is 3.22. The molecule has 1 amide bonds. The molecule has 0 aliphatic carbocycles. The van der Waals surface area contributed by atoms with Crippen LogP contribution in [0.25, 0.3) is 28.1 Å². The number of thioether (sulfide) groups is 1. The number of carbonyl (C=O) groups excluding carboxylic acids is 1. The van der Waals surface area contributed by atoms with Gasteiger partial charge in [-0.3, -0.25) is 9.78 Å². The van der Waals surface area contributed by atoms with Crippen LogP contribution < -0.4 is 10.1 Å². The maximum Gasteiger partial charge on any atom is 0.263 e. The van der Waals surface area contributed by atoms with Gasteiger partial charge in [0.05, 0.1) is 23.7 Å². The van der Waals surface area contributed by atoms with Gasteiger partial charge in [0.25, 0.3) is 5.91 Å². The van der Waals surface area contributed by atoms with Gasteiger partial charge >= 0.3 is 0 Å². The van der Waals surface area contributed by atoms with Gasteiger partial charge in [-0.1, -0.05) is 36.1 Å². The second-order valence-corrected chi connectivity index (χ2v) is 7.63. The molecule has 0 unspecified atom stereocenters. The van der Waals surface area contributed by atoms with E-state index in [1.165, 1.54) is 18.0 Å². The topological polar surface area (TPSA) is 71.5 Å². The van der Waals surface area contributed by atoms with Crippen LogP contribution in [0.2, 0.25) is 0 Å². The lowest BCUT2D eigenvalue weighted by Crippen LogP contribution is -2.17. The summed E-state index contributed by atoms with van der Waals surface area (Å²) in [5.74, 6) is 0.642. The molecule has 0 saturated carbocycles. The molecular formula is C20H14N2O3S2. The van der Waals surface area contributed by atoms with Crippen molar-refractivity contribution in [3.63, 3.8) is 0 Å². The molecule has 134 valence electrons. The highest BCUT2D eigenvalue weighted by molar-refractivity contribution is 8.26. The number of hydrogen-bond donors (Lipinski definition) is 2. The molecular weight excluding hydrogens is 380 g/mol. The Kier molecular flexibility index (Phi) is 4.55. The first-order valence-corrected chi connectivity index (χ1v) is 9.28. The highest BCUT2D eigenvalue weighted by Crippen LogP contribution is 2.34. The van der Waals surface area contributed by atoms with Crippen LogP contribution in [0.5, 0.6) is 11.5 Å². The zero-order valence-electron chi connectivity index (χ0n) is 14.2. The van der Waals surface area contributed by atoms with Crippen LogP contribution in [-0.4, -0.2) is 27.4 Å². The van der Waals surface area contributed by atoms with Crippen LogP contribution in [0.4, 0.5) is 0 Å². The zero-order valence-corrected chi connectivity index (χ0v) is 15.9. The number of benzene rings is 2. The minimum atomic E-state index is -0.186. The van der Waals surface area contributed by atoms with Gasteiger partial charge in [0.1, 0.15) is 15.8 Å². The molecule has 1 saturated heterocycles. The lowest BCUT2D eigenvalue weighted by molar-refractivity contribution is -0.115. The molecule has 2 aromatic carbocycles. The van der Waals surface area contributed by atoms with Gasteiger partial charge in [-0.05, 0) is 47.5 Å². The van der Waals surface area contributed by atoms with Crippen molar-refractivity contribution in [2.24, 2.45) is 0 Å². The number of methoxy groups -OCH3 is 1. The molecule has 0 radical (unpaired) electrons. The second-order valence-electron chi connectivity index (χ2n) is 5.91. The Morgan fingerprint density at radius 3 is 2.81 bits per heavy atom. The minimum Gasteiger partial charge on any atom is -0.506 e. The van der Waals surface area contributed by atoms with Crippen molar-refractivity contribution in [3.05, 3.63) is 59.1 Å². The summed E-state index contributed by atoms with van der Waals surface area (Å²) in [4.78, 5) is 16.7. The van der Waals surface area contributed by atoms with Crippen LogP contribution in [0, 0.1) is 0 Å². The highest BCUT2D eigenvalue weighted by atomic mass is 32.2. The van der Waals surface area contributed by atoms with Crippen LogP contribution in [0.3, 0.4) is 0 Å². The number of aromatic hydroxyl groups is 1. The second kappa shape index (κ2) is 7.02. The molecule has 1 aromatic heterocycles. The lowest BCUT2D eigenvalue weighted by Gasteiger charge is -2.11. The van der Waals surface area contributed by atoms with E-state index >= 15 is 0 Å². The summed E-state index contributed by atoms with van der Waals surface area (Å²) in [7, 11) is 1.62. The molecule has 2 heterocycles. The Morgan fingerprint density at radius 1 is 1.22 bits per heavy atom. The third-order valence-electron chi connectivity index (χ3n) is 4.14. The summed E-state index contributed by atoms with van der Waals surface area (Å²) in [6, 6.07) is 13.2. The van der Waals surface area contributed by atoms with Crippen LogP contribution in [-0.2, 0) is 4.79 Å². The highest BCUT2D eigenvalue weighted by Gasteiger charge is 2.22. The predicted molar refractivity (Wildman–Crippen MR) is 112 cm³/mol. The van der Waals surface area contributed by atoms with Crippen LogP contribution >= 0.6 is 24.0 Å². The number of aromatic nitrogens is 1. The smallest absolute Gasteiger partial charge is 0.263 e. The van der Waals surface area contributed by atoms with Crippen molar-refractivity contribution in [2.45, 2.75) is 0 Å². The Bertz CT molecular complexity index is 1130. The van der Waals surface area contributed by atoms with Gasteiger partial charge in [0, 0.05) is 10.9 Å². The van der Waals surface area contributed by atoms with Crippen molar-refractivity contribution >= 4 is 51.2 Å². The van der Waals surface area contributed by atoms with E-state index in [-0.39, 0.29) is 11.7 Å². The number of hydrogen-bond acceptors (Lipinski definition) is 6. The van der Waals surface area contributed by atoms with Gasteiger partial charge < -0.3 is 15.2 Å². The molecule has 0 spiro atoms. The van der Waals surface area contributed by atoms with Crippen LogP contribution in [0.15, 0.2) is 53.6 Å². The molecule has 5 nitrogen and oxygen atoms in total. The SMILES string of the molecule is COc1ccc(/C=C2\SC(=S)NC2=O)cc1-c1ccc2ncc(O)cc2c1. The summed E-state index contributed by atoms with van der Waals surface area (Å²) in [5, 5.41) is 13.1. The van der Waals surface area contributed by atoms with Crippen molar-refractivity contribution < 1.29 is 14.6 Å². The van der Waals surface area contributed by atoms with Gasteiger partial charge in [0.2, 0.25) is 0 Å². The quantitative estimate of drug-likeness (QED) is 0.515. The van der Waals surface area contributed by atoms with Crippen molar-refractivity contribution in [1.82, 2.24) is 10.3 Å². The Labute approximate surface area is 165 Å². The number of thiocarbonyl (C=S) groups is 1. The molecule has 27 heavy (non-hydrogen) atoms. The average molecular weight is 394 g/mol. The van der Waals surface area contributed by atoms with E-state index in [1.807, 2.05) is 36.4 Å². The number of fused-ring (bicyclic) bond motifs is 1. The number of carbonyl (C=O) groups is 1. The predicted octanol–water partition coefficient (Wildman–Crippen LogP) is 4.10. The third-order valence-corrected chi connectivity index (χ3v) is 5.30. The zero-order chi connectivity index (χ0) is 19.0. The number of pyridine rings is 1. The monoisotopic (exact) mass is 394 g/mol. The first kappa shape index (κ1) is 17.5. The molecule has 3 aromatic rings. The average Bonchev–Trinajstić information content (AvgIpc) is 2.98. The number of ether oxygens (including phenoxy) is 1. The van der Waals surface area contributed by atoms with Gasteiger partial charge in [-0.25, -0.2) is 0 Å². The summed E-state index contributed by atoms with van der Waals surface area (Å²) >= 11 is 6.28. The fourth-order valence-corrected chi connectivity index (χ4v) is 3.95. The number of nitrogens with zero attached hydrogens (tertiary/aromatic N) is 1. The molecule has 2 N–H and O–H groups in total. The van der Waals surface area contributed by atoms with Crippen molar-refractivity contribution in [1.29, 1.82) is 0 Å². The molecule has 1 fully saturated rings. The standard InChI is InChI=1S/C20H14N2O3S2/c1-25-17-5-2-11(7-18-19(24)22-20(26)27-18)6-15(17)12-3-4-16-13(8-12)9-14(23)10-21-16/h2-10,23H,1H3,(H,22,24,26)/b18-7-. The third kappa shape index (κ3) is 3.51. The maximum atomic E-state index is 11.9. The van der Waals surface area contributed by atoms with E-state index in [4.69, 9.17) is 17.0 Å². The van der Waals surface area contributed by atoms with Gasteiger partial charge in [0.15, 0.2) is 0 Å². The summed E-state index contributed by atoms with van der Waals surface area (Å²) in [5.41, 5.74) is 3.46. The lowest BCUT2D eigenvalue weighted by atomic mass is 9.99. The molecule has 7 heteroatoms. The molecule has 1 aliphatic rings. The van der Waals surface area contributed by atoms with Gasteiger partial charge in [-0.2, -0.15) is 0 Å². The fourth-order valence-electron chi connectivity index (χ4n) is 2.90. The number of amides is 1. The van der Waals surface area contributed by atoms with Gasteiger partial charge in [-0.15, -0.1) is 0 Å². The van der Waals surface area contributed by atoms with E-state index < -0.39 is 0 Å². The Hall–Kier alpha value is -2.90. The first-order chi connectivity index (χ1) is 13.0. The Balaban J connectivity index is 1.81. The van der Waals surface area contributed by atoms with Crippen molar-refractivity contribution in [3.8, 4) is 22.6 Å². The maximum absolute atomic E-state index is 11.9. The van der Waals surface area contributed by atoms with E-state index in [2.05, 4.69) is 10.3 Å². The summed E-state index contributed by atoms with van der Waals surface area (Å²) < 4.78 is 5.97. The largest absolute Gasteiger partial charge is 0.506 e. The molecule has 0 atom stereocenters. The minimum absolute atomic E-state index is 0.116. The molecule has 0 bridgehead atoms. The normalized spacial score (nSPS) is 15.4. The van der Waals surface area contributed by atoms with E-state index in [0.717, 1.165) is 27.6 Å². The first-order valence-electron chi connectivity index (χ1n) is 8.05. The van der Waals surface area contributed by atoms with E-state index in [9.17, 15) is 9.90 Å². The van der Waals surface area contributed by atoms with Crippen molar-refractivity contribution in [2.75, 3.05) is 7.11 Å². The Morgan fingerprint density at radius 2 is 2.07 bits per heavy atom.